The first-order valence-electron chi connectivity index (χ1n) is 17.8. The van der Waals surface area contributed by atoms with E-state index in [4.69, 9.17) is 18.9 Å². The first-order chi connectivity index (χ1) is 26.3. The number of carbonyl (C=O) groups is 3. The van der Waals surface area contributed by atoms with Crippen LogP contribution in [0.2, 0.25) is 0 Å². The van der Waals surface area contributed by atoms with Crippen molar-refractivity contribution in [3.63, 3.8) is 0 Å². The highest BCUT2D eigenvalue weighted by atomic mass is 16.5. The minimum atomic E-state index is -1.15. The van der Waals surface area contributed by atoms with Crippen molar-refractivity contribution in [1.82, 2.24) is 14.7 Å². The molecule has 4 aliphatic heterocycles. The van der Waals surface area contributed by atoms with E-state index >= 15 is 0 Å². The van der Waals surface area contributed by atoms with Crippen LogP contribution in [0.4, 0.5) is 16.2 Å². The monoisotopic (exact) mass is 729 g/mol. The predicted molar refractivity (Wildman–Crippen MR) is 200 cm³/mol. The van der Waals surface area contributed by atoms with Gasteiger partial charge in [0.25, 0.3) is 11.8 Å². The van der Waals surface area contributed by atoms with E-state index in [1.807, 2.05) is 46.2 Å². The van der Waals surface area contributed by atoms with Gasteiger partial charge in [-0.05, 0) is 47.2 Å². The molecule has 4 aromatic rings. The molecule has 4 heterocycles. The lowest BCUT2D eigenvalue weighted by Crippen LogP contribution is -2.44. The number of ether oxygens (including phenoxy) is 4. The van der Waals surface area contributed by atoms with Crippen LogP contribution in [0.1, 0.15) is 43.0 Å². The van der Waals surface area contributed by atoms with E-state index < -0.39 is 6.09 Å². The number of carbonyl (C=O) groups excluding carboxylic acids is 2. The first kappa shape index (κ1) is 34.7. The maximum Gasteiger partial charge on any atom is 0.407 e. The van der Waals surface area contributed by atoms with E-state index in [9.17, 15) is 19.5 Å². The number of methoxy groups -OCH3 is 2. The molecule has 276 valence electrons. The van der Waals surface area contributed by atoms with Crippen molar-refractivity contribution in [2.45, 2.75) is 38.0 Å². The van der Waals surface area contributed by atoms with Crippen LogP contribution in [-0.2, 0) is 25.9 Å². The smallest absolute Gasteiger partial charge is 0.407 e. The van der Waals surface area contributed by atoms with E-state index in [1.54, 1.807) is 36.7 Å². The molecular formula is C41H39N5O8. The Morgan fingerprint density at radius 3 is 1.52 bits per heavy atom. The number of carboxylic acid groups (broad SMARTS) is 1. The average Bonchev–Trinajstić information content (AvgIpc) is 3.40. The van der Waals surface area contributed by atoms with Crippen molar-refractivity contribution in [2.24, 2.45) is 9.98 Å². The summed E-state index contributed by atoms with van der Waals surface area (Å²) in [5.74, 6) is 1.09. The van der Waals surface area contributed by atoms with Crippen molar-refractivity contribution in [1.29, 1.82) is 0 Å². The summed E-state index contributed by atoms with van der Waals surface area (Å²) in [6, 6.07) is 22.4. The Bertz CT molecular complexity index is 2060. The third-order valence-electron chi connectivity index (χ3n) is 10.4. The van der Waals surface area contributed by atoms with Crippen molar-refractivity contribution in [2.75, 3.05) is 40.5 Å². The van der Waals surface area contributed by atoms with Crippen LogP contribution in [0.15, 0.2) is 82.8 Å². The van der Waals surface area contributed by atoms with Gasteiger partial charge >= 0.3 is 6.09 Å². The average molecular weight is 730 g/mol. The molecule has 0 saturated heterocycles. The Hall–Kier alpha value is -6.37. The van der Waals surface area contributed by atoms with Crippen molar-refractivity contribution in [3.05, 3.63) is 106 Å². The van der Waals surface area contributed by atoms with Crippen LogP contribution in [-0.4, -0.2) is 103 Å². The standard InChI is InChI=1S/C41H39N5O8/c1-51-35-17-31-33(42-21-29-15-25-7-3-5-9-27(25)23-45(29)39(31)47)19-37(35)53-13-11-44(41(49)50)12-14-54-38-20-34-32(18-36(38)52-2)40(48)46-24-28-10-6-4-8-26(28)16-30(46)22-43-34/h3-10,17-22,29-30H,11-16,23-24H2,1-2H3,(H,49,50)/t29-,30-/m0/s1. The molecule has 4 aromatic carbocycles. The number of hydrogen-bond acceptors (Lipinski definition) is 9. The lowest BCUT2D eigenvalue weighted by atomic mass is 9.94. The molecule has 1 N–H and O–H groups in total. The second kappa shape index (κ2) is 14.6. The van der Waals surface area contributed by atoms with Crippen molar-refractivity contribution in [3.8, 4) is 23.0 Å². The number of amides is 3. The summed E-state index contributed by atoms with van der Waals surface area (Å²) in [7, 11) is 2.98. The molecule has 2 atom stereocenters. The van der Waals surface area contributed by atoms with E-state index in [-0.39, 0.29) is 50.2 Å². The minimum Gasteiger partial charge on any atom is -0.493 e. The molecule has 0 radical (unpaired) electrons. The first-order valence-corrected chi connectivity index (χ1v) is 17.8. The van der Waals surface area contributed by atoms with E-state index in [1.165, 1.54) is 30.2 Å². The summed E-state index contributed by atoms with van der Waals surface area (Å²) < 4.78 is 23.2. The molecule has 0 aliphatic carbocycles. The van der Waals surface area contributed by atoms with Gasteiger partial charge in [0.2, 0.25) is 0 Å². The summed E-state index contributed by atoms with van der Waals surface area (Å²) in [6.07, 6.45) is 3.81. The fraction of sp³-hybridized carbons (Fsp3) is 0.293. The van der Waals surface area contributed by atoms with Crippen LogP contribution in [0, 0.1) is 0 Å². The number of aliphatic imine (C=N–C) groups is 2. The Labute approximate surface area is 312 Å². The number of benzene rings is 4. The van der Waals surface area contributed by atoms with Gasteiger partial charge in [-0.2, -0.15) is 0 Å². The van der Waals surface area contributed by atoms with Gasteiger partial charge in [-0.15, -0.1) is 0 Å². The molecule has 0 unspecified atom stereocenters. The topological polar surface area (TPSA) is 143 Å². The SMILES string of the molecule is COc1cc2c(cc1OCCN(CCOc1cc3c(cc1OC)C(=O)N1Cc4ccccc4C[C@H]1C=N3)C(=O)O)N=C[C@@H]1Cc3ccccc3CN1C2=O. The normalized spacial score (nSPS) is 17.8. The molecular weight excluding hydrogens is 690 g/mol. The zero-order valence-electron chi connectivity index (χ0n) is 29.9. The fourth-order valence-corrected chi connectivity index (χ4v) is 7.48. The lowest BCUT2D eigenvalue weighted by molar-refractivity contribution is 0.0696. The van der Waals surface area contributed by atoms with Gasteiger partial charge in [0.1, 0.15) is 13.2 Å². The maximum atomic E-state index is 13.7. The highest BCUT2D eigenvalue weighted by molar-refractivity contribution is 6.04. The van der Waals surface area contributed by atoms with Crippen molar-refractivity contribution >= 4 is 41.7 Å². The van der Waals surface area contributed by atoms with E-state index in [0.717, 1.165) is 11.1 Å². The van der Waals surface area contributed by atoms with Gasteiger partial charge in [0.15, 0.2) is 23.0 Å². The minimum absolute atomic E-state index is 0.00366. The molecule has 0 spiro atoms. The van der Waals surface area contributed by atoms with Gasteiger partial charge in [-0.25, -0.2) is 4.79 Å². The molecule has 0 aromatic heterocycles. The van der Waals surface area contributed by atoms with Gasteiger partial charge in [-0.3, -0.25) is 19.6 Å². The quantitative estimate of drug-likeness (QED) is 0.219. The third-order valence-corrected chi connectivity index (χ3v) is 10.4. The fourth-order valence-electron chi connectivity index (χ4n) is 7.48. The maximum absolute atomic E-state index is 13.7. The molecule has 3 amide bonds. The number of hydrogen-bond donors (Lipinski definition) is 1. The Kier molecular flexibility index (Phi) is 9.36. The highest BCUT2D eigenvalue weighted by Crippen LogP contribution is 2.40. The zero-order valence-corrected chi connectivity index (χ0v) is 29.9. The van der Waals surface area contributed by atoms with Crippen LogP contribution >= 0.6 is 0 Å². The van der Waals surface area contributed by atoms with E-state index in [2.05, 4.69) is 22.1 Å². The molecule has 8 rings (SSSR count). The van der Waals surface area contributed by atoms with Gasteiger partial charge in [0, 0.05) is 37.7 Å². The van der Waals surface area contributed by atoms with Crippen LogP contribution in [0.3, 0.4) is 0 Å². The van der Waals surface area contributed by atoms with Gasteiger partial charge < -0.3 is 38.8 Å². The Balaban J connectivity index is 0.914. The van der Waals surface area contributed by atoms with Gasteiger partial charge in [-0.1, -0.05) is 48.5 Å². The largest absolute Gasteiger partial charge is 0.493 e. The summed E-state index contributed by atoms with van der Waals surface area (Å²) in [6.45, 7) is 1.03. The molecule has 0 bridgehead atoms. The molecule has 0 fully saturated rings. The summed E-state index contributed by atoms with van der Waals surface area (Å²) in [5, 5.41) is 9.98. The summed E-state index contributed by atoms with van der Waals surface area (Å²) >= 11 is 0. The molecule has 4 aliphatic rings. The number of rotatable bonds is 10. The number of nitrogens with zero attached hydrogens (tertiary/aromatic N) is 5. The molecule has 13 nitrogen and oxygen atoms in total. The molecule has 0 saturated carbocycles. The second-order valence-corrected chi connectivity index (χ2v) is 13.5. The summed E-state index contributed by atoms with van der Waals surface area (Å²) in [5.41, 5.74) is 6.36. The Morgan fingerprint density at radius 2 is 1.11 bits per heavy atom. The van der Waals surface area contributed by atoms with Crippen LogP contribution < -0.4 is 18.9 Å². The van der Waals surface area contributed by atoms with Crippen LogP contribution in [0.25, 0.3) is 0 Å². The highest BCUT2D eigenvalue weighted by Gasteiger charge is 2.35. The predicted octanol–water partition coefficient (Wildman–Crippen LogP) is 5.71. The van der Waals surface area contributed by atoms with Crippen LogP contribution in [0.5, 0.6) is 23.0 Å². The molecule has 54 heavy (non-hydrogen) atoms. The lowest BCUT2D eigenvalue weighted by Gasteiger charge is -2.34. The van der Waals surface area contributed by atoms with Gasteiger partial charge in [0.05, 0.1) is 61.9 Å². The Morgan fingerprint density at radius 1 is 0.685 bits per heavy atom. The van der Waals surface area contributed by atoms with Crippen molar-refractivity contribution < 1.29 is 38.4 Å². The third kappa shape index (κ3) is 6.57. The zero-order chi connectivity index (χ0) is 37.3. The summed E-state index contributed by atoms with van der Waals surface area (Å²) in [4.78, 5) is 53.8. The number of fused-ring (bicyclic) bond motifs is 6. The second-order valence-electron chi connectivity index (χ2n) is 13.5. The molecule has 13 heteroatoms. The van der Waals surface area contributed by atoms with E-state index in [0.29, 0.717) is 71.4 Å².